The number of carbonyl (C=O) groups is 1. The highest BCUT2D eigenvalue weighted by atomic mass is 16.6. The average Bonchev–Trinajstić information content (AvgIpc) is 2.58. The zero-order valence-electron chi connectivity index (χ0n) is 13.1. The Balaban J connectivity index is 1.92. The summed E-state index contributed by atoms with van der Waals surface area (Å²) in [6.07, 6.45) is 0.900. The van der Waals surface area contributed by atoms with Crippen molar-refractivity contribution in [3.05, 3.63) is 33.9 Å². The Hall–Kier alpha value is -2.19. The molecule has 0 bridgehead atoms. The van der Waals surface area contributed by atoms with E-state index in [-0.39, 0.29) is 11.3 Å². The van der Waals surface area contributed by atoms with Crippen LogP contribution in [-0.4, -0.2) is 62.3 Å². The van der Waals surface area contributed by atoms with Gasteiger partial charge in [0.2, 0.25) is 0 Å². The third kappa shape index (κ3) is 4.90. The summed E-state index contributed by atoms with van der Waals surface area (Å²) in [5.74, 6) is -0.593. The molecule has 23 heavy (non-hydrogen) atoms. The van der Waals surface area contributed by atoms with Gasteiger partial charge in [-0.3, -0.25) is 15.0 Å². The molecule has 1 aromatic carbocycles. The summed E-state index contributed by atoms with van der Waals surface area (Å²) in [6, 6.07) is 4.14. The molecule has 8 nitrogen and oxygen atoms in total. The summed E-state index contributed by atoms with van der Waals surface area (Å²) >= 11 is 0. The fraction of sp³-hybridized carbons (Fsp3) is 0.533. The Bertz CT molecular complexity index is 558. The number of hydrogen-bond acceptors (Lipinski definition) is 7. The van der Waals surface area contributed by atoms with Gasteiger partial charge in [-0.15, -0.1) is 0 Å². The molecule has 0 saturated carbocycles. The Morgan fingerprint density at radius 2 is 2.17 bits per heavy atom. The maximum Gasteiger partial charge on any atom is 0.340 e. The summed E-state index contributed by atoms with van der Waals surface area (Å²) in [7, 11) is 1.25. The fourth-order valence-corrected chi connectivity index (χ4v) is 2.43. The number of benzene rings is 1. The molecule has 8 heteroatoms. The minimum Gasteiger partial charge on any atom is -0.465 e. The average molecular weight is 323 g/mol. The van der Waals surface area contributed by atoms with E-state index in [9.17, 15) is 14.9 Å². The van der Waals surface area contributed by atoms with Crippen molar-refractivity contribution in [2.45, 2.75) is 6.42 Å². The van der Waals surface area contributed by atoms with E-state index in [2.05, 4.69) is 15.0 Å². The van der Waals surface area contributed by atoms with Crippen molar-refractivity contribution in [1.29, 1.82) is 0 Å². The van der Waals surface area contributed by atoms with Crippen LogP contribution in [0, 0.1) is 10.1 Å². The Labute approximate surface area is 134 Å². The molecular weight excluding hydrogens is 302 g/mol. The maximum atomic E-state index is 11.8. The van der Waals surface area contributed by atoms with Gasteiger partial charge in [-0.05, 0) is 19.0 Å². The Morgan fingerprint density at radius 1 is 1.43 bits per heavy atom. The number of nitrogens with one attached hydrogen (secondary N) is 1. The maximum absolute atomic E-state index is 11.8. The molecule has 1 heterocycles. The number of rotatable bonds is 7. The van der Waals surface area contributed by atoms with E-state index in [1.807, 2.05) is 0 Å². The first kappa shape index (κ1) is 17.2. The molecule has 1 aliphatic rings. The van der Waals surface area contributed by atoms with Gasteiger partial charge in [0, 0.05) is 37.5 Å². The van der Waals surface area contributed by atoms with Crippen molar-refractivity contribution in [1.82, 2.24) is 4.90 Å². The van der Waals surface area contributed by atoms with Crippen molar-refractivity contribution in [3.63, 3.8) is 0 Å². The van der Waals surface area contributed by atoms with E-state index >= 15 is 0 Å². The van der Waals surface area contributed by atoms with Crippen LogP contribution < -0.4 is 5.32 Å². The van der Waals surface area contributed by atoms with Crippen molar-refractivity contribution in [3.8, 4) is 0 Å². The predicted molar refractivity (Wildman–Crippen MR) is 84.8 cm³/mol. The Kier molecular flexibility index (Phi) is 6.30. The van der Waals surface area contributed by atoms with E-state index in [0.29, 0.717) is 12.2 Å². The highest BCUT2D eigenvalue weighted by Crippen LogP contribution is 2.23. The van der Waals surface area contributed by atoms with Crippen LogP contribution in [0.3, 0.4) is 0 Å². The summed E-state index contributed by atoms with van der Waals surface area (Å²) in [5.41, 5.74) is 0.585. The molecule has 0 atom stereocenters. The van der Waals surface area contributed by atoms with E-state index in [4.69, 9.17) is 4.74 Å². The smallest absolute Gasteiger partial charge is 0.340 e. The van der Waals surface area contributed by atoms with Crippen LogP contribution in [0.2, 0.25) is 0 Å². The SMILES string of the molecule is COC(=O)c1cc([N+](=O)[O-])ccc1NCCCN1CCOCC1. The van der Waals surface area contributed by atoms with Crippen LogP contribution in [0.15, 0.2) is 18.2 Å². The topological polar surface area (TPSA) is 93.9 Å². The molecule has 0 aromatic heterocycles. The van der Waals surface area contributed by atoms with Gasteiger partial charge in [0.15, 0.2) is 0 Å². The Morgan fingerprint density at radius 3 is 2.83 bits per heavy atom. The fourth-order valence-electron chi connectivity index (χ4n) is 2.43. The minimum absolute atomic E-state index is 0.135. The molecule has 0 amide bonds. The molecule has 0 radical (unpaired) electrons. The van der Waals surface area contributed by atoms with E-state index in [1.165, 1.54) is 19.2 Å². The predicted octanol–water partition coefficient (Wildman–Crippen LogP) is 1.52. The number of hydrogen-bond donors (Lipinski definition) is 1. The van der Waals surface area contributed by atoms with Gasteiger partial charge in [-0.25, -0.2) is 4.79 Å². The monoisotopic (exact) mass is 323 g/mol. The summed E-state index contributed by atoms with van der Waals surface area (Å²) in [4.78, 5) is 24.4. The van der Waals surface area contributed by atoms with Crippen LogP contribution in [0.25, 0.3) is 0 Å². The third-order valence-electron chi connectivity index (χ3n) is 3.69. The molecular formula is C15H21N3O5. The van der Waals surface area contributed by atoms with E-state index in [0.717, 1.165) is 39.3 Å². The molecule has 2 rings (SSSR count). The molecule has 1 fully saturated rings. The number of esters is 1. The minimum atomic E-state index is -0.593. The standard InChI is InChI=1S/C15H21N3O5/c1-22-15(19)13-11-12(18(20)21)3-4-14(13)16-5-2-6-17-7-9-23-10-8-17/h3-4,11,16H,2,5-10H2,1H3. The quantitative estimate of drug-likeness (QED) is 0.352. The van der Waals surface area contributed by atoms with Gasteiger partial charge in [0.25, 0.3) is 5.69 Å². The van der Waals surface area contributed by atoms with Gasteiger partial charge >= 0.3 is 5.97 Å². The zero-order chi connectivity index (χ0) is 16.7. The molecule has 0 spiro atoms. The summed E-state index contributed by atoms with van der Waals surface area (Å²) in [5, 5.41) is 14.0. The van der Waals surface area contributed by atoms with Gasteiger partial charge < -0.3 is 14.8 Å². The van der Waals surface area contributed by atoms with Crippen molar-refractivity contribution < 1.29 is 19.2 Å². The van der Waals surface area contributed by atoms with Crippen molar-refractivity contribution in [2.75, 3.05) is 51.8 Å². The number of methoxy groups -OCH3 is 1. The number of morpholine rings is 1. The number of carbonyl (C=O) groups excluding carboxylic acids is 1. The first-order valence-electron chi connectivity index (χ1n) is 7.52. The number of non-ortho nitro benzene ring substituents is 1. The van der Waals surface area contributed by atoms with Crippen molar-refractivity contribution in [2.24, 2.45) is 0 Å². The molecule has 1 aromatic rings. The van der Waals surface area contributed by atoms with Crippen LogP contribution in [-0.2, 0) is 9.47 Å². The van der Waals surface area contributed by atoms with E-state index < -0.39 is 10.9 Å². The second kappa shape index (κ2) is 8.44. The number of nitro benzene ring substituents is 1. The normalized spacial score (nSPS) is 15.2. The van der Waals surface area contributed by atoms with Crippen LogP contribution in [0.1, 0.15) is 16.8 Å². The second-order valence-electron chi connectivity index (χ2n) is 5.21. The molecule has 1 aliphatic heterocycles. The highest BCUT2D eigenvalue weighted by molar-refractivity contribution is 5.96. The van der Waals surface area contributed by atoms with Crippen LogP contribution in [0.5, 0.6) is 0 Å². The van der Waals surface area contributed by atoms with Gasteiger partial charge in [0.1, 0.15) is 0 Å². The third-order valence-corrected chi connectivity index (χ3v) is 3.69. The van der Waals surface area contributed by atoms with Crippen LogP contribution in [0.4, 0.5) is 11.4 Å². The largest absolute Gasteiger partial charge is 0.465 e. The summed E-state index contributed by atoms with van der Waals surface area (Å²) < 4.78 is 9.99. The van der Waals surface area contributed by atoms with Crippen LogP contribution >= 0.6 is 0 Å². The lowest BCUT2D eigenvalue weighted by molar-refractivity contribution is -0.384. The molecule has 1 saturated heterocycles. The molecule has 0 aliphatic carbocycles. The van der Waals surface area contributed by atoms with Gasteiger partial charge in [0.05, 0.1) is 30.8 Å². The number of anilines is 1. The first-order valence-corrected chi connectivity index (χ1v) is 7.52. The molecule has 0 unspecified atom stereocenters. The van der Waals surface area contributed by atoms with E-state index in [1.54, 1.807) is 6.07 Å². The lowest BCUT2D eigenvalue weighted by Gasteiger charge is -2.26. The lowest BCUT2D eigenvalue weighted by atomic mass is 10.1. The van der Waals surface area contributed by atoms with Gasteiger partial charge in [-0.2, -0.15) is 0 Å². The second-order valence-corrected chi connectivity index (χ2v) is 5.21. The van der Waals surface area contributed by atoms with Gasteiger partial charge in [-0.1, -0.05) is 0 Å². The van der Waals surface area contributed by atoms with Crippen molar-refractivity contribution >= 4 is 17.3 Å². The number of ether oxygens (including phenoxy) is 2. The lowest BCUT2D eigenvalue weighted by Crippen LogP contribution is -2.37. The highest BCUT2D eigenvalue weighted by Gasteiger charge is 2.17. The number of nitrogens with zero attached hydrogens (tertiary/aromatic N) is 2. The molecule has 126 valence electrons. The zero-order valence-corrected chi connectivity index (χ0v) is 13.1. The first-order chi connectivity index (χ1) is 11.1. The molecule has 1 N–H and O–H groups in total. The number of nitro groups is 1. The summed E-state index contributed by atoms with van der Waals surface area (Å²) in [6.45, 7) is 5.01.